The molecule has 0 saturated carbocycles. The largest absolute Gasteiger partial charge is 0.327 e. The molecular formula is C12H26N2. The van der Waals surface area contributed by atoms with Crippen molar-refractivity contribution in [2.24, 2.45) is 11.7 Å². The van der Waals surface area contributed by atoms with Gasteiger partial charge in [-0.3, -0.25) is 0 Å². The molecule has 1 aliphatic rings. The first-order chi connectivity index (χ1) is 6.69. The molecule has 1 rings (SSSR count). The van der Waals surface area contributed by atoms with Crippen molar-refractivity contribution in [3.8, 4) is 0 Å². The van der Waals surface area contributed by atoms with E-state index in [1.54, 1.807) is 0 Å². The summed E-state index contributed by atoms with van der Waals surface area (Å²) in [6, 6.07) is 1.20. The number of hydrogen-bond acceptors (Lipinski definition) is 2. The van der Waals surface area contributed by atoms with Gasteiger partial charge in [0.1, 0.15) is 0 Å². The van der Waals surface area contributed by atoms with Crippen LogP contribution in [0.5, 0.6) is 0 Å². The van der Waals surface area contributed by atoms with E-state index >= 15 is 0 Å². The van der Waals surface area contributed by atoms with Crippen LogP contribution in [-0.4, -0.2) is 30.1 Å². The van der Waals surface area contributed by atoms with Crippen LogP contribution in [0.4, 0.5) is 0 Å². The lowest BCUT2D eigenvalue weighted by Crippen LogP contribution is -2.49. The lowest BCUT2D eigenvalue weighted by Gasteiger charge is -2.39. The first-order valence-corrected chi connectivity index (χ1v) is 6.18. The van der Waals surface area contributed by atoms with Crippen molar-refractivity contribution in [1.82, 2.24) is 4.90 Å². The molecule has 14 heavy (non-hydrogen) atoms. The standard InChI is InChI=1S/C12H26N2/c1-4-6-10(3)14-8-7-12(13)11(5-2)9-14/h10-12H,4-9,13H2,1-3H3. The Morgan fingerprint density at radius 2 is 2.14 bits per heavy atom. The second-order valence-corrected chi connectivity index (χ2v) is 4.75. The average Bonchev–Trinajstić information content (AvgIpc) is 2.19. The summed E-state index contributed by atoms with van der Waals surface area (Å²) < 4.78 is 0. The maximum absolute atomic E-state index is 6.10. The summed E-state index contributed by atoms with van der Waals surface area (Å²) in [6.07, 6.45) is 5.04. The third-order valence-corrected chi connectivity index (χ3v) is 3.68. The summed E-state index contributed by atoms with van der Waals surface area (Å²) in [5.74, 6) is 0.725. The molecule has 84 valence electrons. The molecule has 0 aromatic heterocycles. The summed E-state index contributed by atoms with van der Waals surface area (Å²) in [5, 5.41) is 0. The molecule has 2 nitrogen and oxygen atoms in total. The molecule has 0 aromatic rings. The minimum Gasteiger partial charge on any atom is -0.327 e. The lowest BCUT2D eigenvalue weighted by atomic mass is 9.89. The van der Waals surface area contributed by atoms with Crippen LogP contribution in [0, 0.1) is 5.92 Å². The van der Waals surface area contributed by atoms with Gasteiger partial charge in [-0.2, -0.15) is 0 Å². The number of likely N-dealkylation sites (tertiary alicyclic amines) is 1. The SMILES string of the molecule is CCCC(C)N1CCC(N)C(CC)C1. The normalized spacial score (nSPS) is 31.7. The number of nitrogens with zero attached hydrogens (tertiary/aromatic N) is 1. The van der Waals surface area contributed by atoms with Gasteiger partial charge in [-0.15, -0.1) is 0 Å². The zero-order valence-electron chi connectivity index (χ0n) is 10.00. The van der Waals surface area contributed by atoms with Crippen LogP contribution >= 0.6 is 0 Å². The highest BCUT2D eigenvalue weighted by Crippen LogP contribution is 2.21. The minimum absolute atomic E-state index is 0.449. The monoisotopic (exact) mass is 198 g/mol. The molecular weight excluding hydrogens is 172 g/mol. The highest BCUT2D eigenvalue weighted by atomic mass is 15.2. The fourth-order valence-corrected chi connectivity index (χ4v) is 2.51. The number of nitrogens with two attached hydrogens (primary N) is 1. The Labute approximate surface area is 88.8 Å². The van der Waals surface area contributed by atoms with E-state index in [2.05, 4.69) is 25.7 Å². The number of hydrogen-bond donors (Lipinski definition) is 1. The molecule has 0 spiro atoms. The Morgan fingerprint density at radius 3 is 2.71 bits per heavy atom. The third-order valence-electron chi connectivity index (χ3n) is 3.68. The van der Waals surface area contributed by atoms with Crippen LogP contribution in [0.15, 0.2) is 0 Å². The van der Waals surface area contributed by atoms with Gasteiger partial charge in [0.25, 0.3) is 0 Å². The van der Waals surface area contributed by atoms with E-state index in [1.807, 2.05) is 0 Å². The van der Waals surface area contributed by atoms with E-state index in [-0.39, 0.29) is 0 Å². The van der Waals surface area contributed by atoms with E-state index < -0.39 is 0 Å². The highest BCUT2D eigenvalue weighted by molar-refractivity contribution is 4.84. The maximum Gasteiger partial charge on any atom is 0.00914 e. The zero-order chi connectivity index (χ0) is 10.6. The molecule has 2 N–H and O–H groups in total. The van der Waals surface area contributed by atoms with Crippen LogP contribution in [-0.2, 0) is 0 Å². The first kappa shape index (κ1) is 12.0. The fourth-order valence-electron chi connectivity index (χ4n) is 2.51. The third kappa shape index (κ3) is 2.96. The van der Waals surface area contributed by atoms with Crippen molar-refractivity contribution in [1.29, 1.82) is 0 Å². The van der Waals surface area contributed by atoms with Crippen LogP contribution < -0.4 is 5.73 Å². The summed E-state index contributed by atoms with van der Waals surface area (Å²) in [7, 11) is 0. The molecule has 1 saturated heterocycles. The zero-order valence-corrected chi connectivity index (χ0v) is 10.00. The van der Waals surface area contributed by atoms with Crippen molar-refractivity contribution in [3.05, 3.63) is 0 Å². The van der Waals surface area contributed by atoms with Crippen LogP contribution in [0.25, 0.3) is 0 Å². The predicted molar refractivity (Wildman–Crippen MR) is 62.3 cm³/mol. The van der Waals surface area contributed by atoms with E-state index in [9.17, 15) is 0 Å². The van der Waals surface area contributed by atoms with Gasteiger partial charge in [-0.25, -0.2) is 0 Å². The Morgan fingerprint density at radius 1 is 1.43 bits per heavy atom. The Balaban J connectivity index is 2.41. The molecule has 2 heteroatoms. The van der Waals surface area contributed by atoms with Crippen LogP contribution in [0.2, 0.25) is 0 Å². The maximum atomic E-state index is 6.10. The second kappa shape index (κ2) is 5.72. The molecule has 0 aromatic carbocycles. The van der Waals surface area contributed by atoms with Crippen molar-refractivity contribution in [3.63, 3.8) is 0 Å². The fraction of sp³-hybridized carbons (Fsp3) is 1.00. The van der Waals surface area contributed by atoms with Gasteiger partial charge in [0.15, 0.2) is 0 Å². The van der Waals surface area contributed by atoms with E-state index in [1.165, 1.54) is 38.8 Å². The topological polar surface area (TPSA) is 29.3 Å². The van der Waals surface area contributed by atoms with E-state index in [0.29, 0.717) is 6.04 Å². The molecule has 0 bridgehead atoms. The van der Waals surface area contributed by atoms with E-state index in [0.717, 1.165) is 12.0 Å². The van der Waals surface area contributed by atoms with Gasteiger partial charge < -0.3 is 10.6 Å². The van der Waals surface area contributed by atoms with Crippen molar-refractivity contribution in [2.75, 3.05) is 13.1 Å². The molecule has 1 fully saturated rings. The summed E-state index contributed by atoms with van der Waals surface area (Å²) >= 11 is 0. The quantitative estimate of drug-likeness (QED) is 0.750. The van der Waals surface area contributed by atoms with Crippen molar-refractivity contribution in [2.45, 2.75) is 58.5 Å². The van der Waals surface area contributed by atoms with Crippen LogP contribution in [0.3, 0.4) is 0 Å². The second-order valence-electron chi connectivity index (χ2n) is 4.75. The number of rotatable bonds is 4. The summed E-state index contributed by atoms with van der Waals surface area (Å²) in [6.45, 7) is 9.31. The van der Waals surface area contributed by atoms with E-state index in [4.69, 9.17) is 5.73 Å². The predicted octanol–water partition coefficient (Wildman–Crippen LogP) is 2.23. The minimum atomic E-state index is 0.449. The molecule has 0 aliphatic carbocycles. The van der Waals surface area contributed by atoms with Gasteiger partial charge in [-0.1, -0.05) is 26.7 Å². The first-order valence-electron chi connectivity index (χ1n) is 6.18. The number of piperidine rings is 1. The molecule has 0 amide bonds. The Hall–Kier alpha value is -0.0800. The highest BCUT2D eigenvalue weighted by Gasteiger charge is 2.27. The van der Waals surface area contributed by atoms with Gasteiger partial charge in [-0.05, 0) is 32.2 Å². The summed E-state index contributed by atoms with van der Waals surface area (Å²) in [4.78, 5) is 2.63. The van der Waals surface area contributed by atoms with Crippen LogP contribution in [0.1, 0.15) is 46.5 Å². The smallest absolute Gasteiger partial charge is 0.00914 e. The van der Waals surface area contributed by atoms with Crippen molar-refractivity contribution < 1.29 is 0 Å². The molecule has 1 heterocycles. The van der Waals surface area contributed by atoms with Gasteiger partial charge in [0.2, 0.25) is 0 Å². The molecule has 0 radical (unpaired) electrons. The molecule has 1 aliphatic heterocycles. The lowest BCUT2D eigenvalue weighted by molar-refractivity contribution is 0.109. The van der Waals surface area contributed by atoms with Crippen molar-refractivity contribution >= 4 is 0 Å². The summed E-state index contributed by atoms with van der Waals surface area (Å²) in [5.41, 5.74) is 6.10. The Kier molecular flexibility index (Phi) is 4.90. The van der Waals surface area contributed by atoms with Gasteiger partial charge >= 0.3 is 0 Å². The Bertz CT molecular complexity index is 158. The average molecular weight is 198 g/mol. The van der Waals surface area contributed by atoms with Gasteiger partial charge in [0, 0.05) is 18.6 Å². The van der Waals surface area contributed by atoms with Gasteiger partial charge in [0.05, 0.1) is 0 Å². The molecule has 3 atom stereocenters. The molecule has 3 unspecified atom stereocenters.